The second-order valence-electron chi connectivity index (χ2n) is 3.83. The van der Waals surface area contributed by atoms with Gasteiger partial charge in [0, 0.05) is 6.54 Å². The highest BCUT2D eigenvalue weighted by molar-refractivity contribution is 5.89. The quantitative estimate of drug-likeness (QED) is 0.732. The van der Waals surface area contributed by atoms with E-state index in [4.69, 9.17) is 5.11 Å². The lowest BCUT2D eigenvalue weighted by Gasteiger charge is -2.29. The SMILES string of the molecule is CN(C)CC(C)(NC(=O)C(F)(F)F)C(=O)O. The second kappa shape index (κ2) is 4.69. The number of hydrogen-bond donors (Lipinski definition) is 2. The minimum absolute atomic E-state index is 0.246. The number of nitrogens with one attached hydrogen (secondary N) is 1. The predicted molar refractivity (Wildman–Crippen MR) is 48.8 cm³/mol. The van der Waals surface area contributed by atoms with Crippen molar-refractivity contribution in [2.45, 2.75) is 18.6 Å². The topological polar surface area (TPSA) is 69.6 Å². The molecule has 0 heterocycles. The molecule has 0 spiro atoms. The second-order valence-corrected chi connectivity index (χ2v) is 3.83. The fraction of sp³-hybridized carbons (Fsp3) is 0.750. The Morgan fingerprint density at radius 2 is 1.75 bits per heavy atom. The summed E-state index contributed by atoms with van der Waals surface area (Å²) in [6.07, 6.45) is -5.09. The van der Waals surface area contributed by atoms with Gasteiger partial charge in [-0.15, -0.1) is 0 Å². The fourth-order valence-electron chi connectivity index (χ4n) is 1.11. The fourth-order valence-corrected chi connectivity index (χ4v) is 1.11. The van der Waals surface area contributed by atoms with E-state index < -0.39 is 23.6 Å². The van der Waals surface area contributed by atoms with Gasteiger partial charge >= 0.3 is 18.1 Å². The summed E-state index contributed by atoms with van der Waals surface area (Å²) < 4.78 is 35.9. The summed E-state index contributed by atoms with van der Waals surface area (Å²) in [6, 6.07) is 0. The molecule has 0 rings (SSSR count). The number of halogens is 3. The van der Waals surface area contributed by atoms with Crippen LogP contribution in [0.3, 0.4) is 0 Å². The zero-order valence-electron chi connectivity index (χ0n) is 9.05. The highest BCUT2D eigenvalue weighted by Crippen LogP contribution is 2.17. The Kier molecular flexibility index (Phi) is 4.30. The number of rotatable bonds is 4. The number of amides is 1. The van der Waals surface area contributed by atoms with E-state index in [1.165, 1.54) is 24.3 Å². The highest BCUT2D eigenvalue weighted by atomic mass is 19.4. The van der Waals surface area contributed by atoms with Gasteiger partial charge in [0.15, 0.2) is 0 Å². The van der Waals surface area contributed by atoms with Crippen molar-refractivity contribution in [3.05, 3.63) is 0 Å². The first-order valence-corrected chi connectivity index (χ1v) is 4.26. The molecule has 2 N–H and O–H groups in total. The molecule has 5 nitrogen and oxygen atoms in total. The number of hydrogen-bond acceptors (Lipinski definition) is 3. The van der Waals surface area contributed by atoms with Crippen LogP contribution in [0, 0.1) is 0 Å². The summed E-state index contributed by atoms with van der Waals surface area (Å²) in [5.41, 5.74) is -1.98. The molecule has 0 aromatic carbocycles. The lowest BCUT2D eigenvalue weighted by molar-refractivity contribution is -0.177. The van der Waals surface area contributed by atoms with Crippen molar-refractivity contribution in [2.75, 3.05) is 20.6 Å². The Morgan fingerprint density at radius 1 is 1.31 bits per heavy atom. The van der Waals surface area contributed by atoms with Crippen LogP contribution in [0.4, 0.5) is 13.2 Å². The lowest BCUT2D eigenvalue weighted by atomic mass is 10.0. The first kappa shape index (κ1) is 14.7. The molecule has 0 aromatic heterocycles. The zero-order valence-corrected chi connectivity index (χ0v) is 9.05. The molecule has 1 amide bonds. The van der Waals surface area contributed by atoms with Gasteiger partial charge < -0.3 is 15.3 Å². The molecule has 0 bridgehead atoms. The third-order valence-electron chi connectivity index (χ3n) is 1.75. The van der Waals surface area contributed by atoms with Crippen molar-refractivity contribution in [3.8, 4) is 0 Å². The average molecular weight is 242 g/mol. The van der Waals surface area contributed by atoms with Gasteiger partial charge in [0.2, 0.25) is 0 Å². The summed E-state index contributed by atoms with van der Waals surface area (Å²) >= 11 is 0. The van der Waals surface area contributed by atoms with Gasteiger partial charge in [0.1, 0.15) is 5.54 Å². The van der Waals surface area contributed by atoms with Gasteiger partial charge in [-0.3, -0.25) is 4.79 Å². The Morgan fingerprint density at radius 3 is 2.00 bits per heavy atom. The van der Waals surface area contributed by atoms with Gasteiger partial charge in [-0.25, -0.2) is 4.79 Å². The lowest BCUT2D eigenvalue weighted by Crippen LogP contribution is -2.60. The van der Waals surface area contributed by atoms with Crippen molar-refractivity contribution in [1.29, 1.82) is 0 Å². The summed E-state index contributed by atoms with van der Waals surface area (Å²) in [5.74, 6) is -3.79. The number of carbonyl (C=O) groups excluding carboxylic acids is 1. The Labute approximate surface area is 90.2 Å². The number of alkyl halides is 3. The molecule has 0 fully saturated rings. The largest absolute Gasteiger partial charge is 0.479 e. The molecule has 0 aromatic rings. The van der Waals surface area contributed by atoms with Crippen LogP contribution in [0.25, 0.3) is 0 Å². The van der Waals surface area contributed by atoms with Gasteiger partial charge in [0.25, 0.3) is 0 Å². The van der Waals surface area contributed by atoms with E-state index in [0.29, 0.717) is 0 Å². The molecular formula is C8H13F3N2O3. The van der Waals surface area contributed by atoms with Crippen LogP contribution >= 0.6 is 0 Å². The van der Waals surface area contributed by atoms with Crippen LogP contribution in [0.2, 0.25) is 0 Å². The number of likely N-dealkylation sites (N-methyl/N-ethyl adjacent to an activating group) is 1. The minimum atomic E-state index is -5.09. The van der Waals surface area contributed by atoms with Crippen molar-refractivity contribution in [3.63, 3.8) is 0 Å². The number of aliphatic carboxylic acids is 1. The van der Waals surface area contributed by atoms with Crippen molar-refractivity contribution in [2.24, 2.45) is 0 Å². The minimum Gasteiger partial charge on any atom is -0.479 e. The maximum atomic E-state index is 12.0. The molecule has 94 valence electrons. The van der Waals surface area contributed by atoms with Gasteiger partial charge in [0.05, 0.1) is 0 Å². The number of carbonyl (C=O) groups is 2. The Balaban J connectivity index is 4.83. The maximum absolute atomic E-state index is 12.0. The molecule has 0 aliphatic rings. The Hall–Kier alpha value is -1.31. The van der Waals surface area contributed by atoms with Crippen molar-refractivity contribution in [1.82, 2.24) is 10.2 Å². The van der Waals surface area contributed by atoms with Crippen LogP contribution in [0.1, 0.15) is 6.92 Å². The van der Waals surface area contributed by atoms with Gasteiger partial charge in [-0.05, 0) is 21.0 Å². The first-order valence-electron chi connectivity index (χ1n) is 4.26. The summed E-state index contributed by atoms with van der Waals surface area (Å²) in [6.45, 7) is 0.767. The predicted octanol–water partition coefficient (Wildman–Crippen LogP) is 0.0698. The van der Waals surface area contributed by atoms with Crippen LogP contribution < -0.4 is 5.32 Å². The number of carboxylic acid groups (broad SMARTS) is 1. The normalized spacial score (nSPS) is 15.7. The number of carboxylic acids is 1. The van der Waals surface area contributed by atoms with E-state index >= 15 is 0 Å². The number of nitrogens with zero attached hydrogens (tertiary/aromatic N) is 1. The van der Waals surface area contributed by atoms with E-state index in [-0.39, 0.29) is 6.54 Å². The molecular weight excluding hydrogens is 229 g/mol. The van der Waals surface area contributed by atoms with Gasteiger partial charge in [-0.2, -0.15) is 13.2 Å². The average Bonchev–Trinajstić information content (AvgIpc) is 1.99. The van der Waals surface area contributed by atoms with Gasteiger partial charge in [-0.1, -0.05) is 0 Å². The van der Waals surface area contributed by atoms with Crippen LogP contribution in [0.5, 0.6) is 0 Å². The third kappa shape index (κ3) is 4.05. The van der Waals surface area contributed by atoms with Crippen molar-refractivity contribution >= 4 is 11.9 Å². The first-order chi connectivity index (χ1) is 6.99. The van der Waals surface area contributed by atoms with E-state index in [9.17, 15) is 22.8 Å². The molecule has 0 aliphatic carbocycles. The zero-order chi connectivity index (χ0) is 13.1. The molecule has 0 aliphatic heterocycles. The highest BCUT2D eigenvalue weighted by Gasteiger charge is 2.45. The summed E-state index contributed by atoms with van der Waals surface area (Å²) in [7, 11) is 2.97. The standard InChI is InChI=1S/C8H13F3N2O3/c1-7(6(15)16,4-13(2)3)12-5(14)8(9,10)11/h4H2,1-3H3,(H,12,14)(H,15,16). The Bertz CT molecular complexity index is 291. The molecule has 0 saturated heterocycles. The molecule has 0 saturated carbocycles. The van der Waals surface area contributed by atoms with E-state index in [1.54, 1.807) is 0 Å². The summed E-state index contributed by atoms with van der Waals surface area (Å²) in [4.78, 5) is 22.8. The monoisotopic (exact) mass is 242 g/mol. The van der Waals surface area contributed by atoms with E-state index in [1.807, 2.05) is 0 Å². The molecule has 1 atom stereocenters. The van der Waals surface area contributed by atoms with Crippen LogP contribution in [-0.4, -0.2) is 54.2 Å². The maximum Gasteiger partial charge on any atom is 0.471 e. The summed E-state index contributed by atoms with van der Waals surface area (Å²) in [5, 5.41) is 10.2. The molecule has 16 heavy (non-hydrogen) atoms. The van der Waals surface area contributed by atoms with E-state index in [0.717, 1.165) is 6.92 Å². The van der Waals surface area contributed by atoms with Crippen molar-refractivity contribution < 1.29 is 27.9 Å². The molecule has 1 unspecified atom stereocenters. The third-order valence-corrected chi connectivity index (χ3v) is 1.75. The molecule has 8 heteroatoms. The smallest absolute Gasteiger partial charge is 0.471 e. The molecule has 0 radical (unpaired) electrons. The van der Waals surface area contributed by atoms with Crippen LogP contribution in [0.15, 0.2) is 0 Å². The van der Waals surface area contributed by atoms with Crippen LogP contribution in [-0.2, 0) is 9.59 Å². The van der Waals surface area contributed by atoms with E-state index in [2.05, 4.69) is 0 Å².